The van der Waals surface area contributed by atoms with Crippen molar-refractivity contribution >= 4 is 0 Å². The zero-order chi connectivity index (χ0) is 16.9. The fraction of sp³-hybridized carbons (Fsp3) is 0.312. The zero-order valence-electron chi connectivity index (χ0n) is 12.1. The standard InChI is InChI=1S/C16H15F5N2/c17-13-1-2-14(18)12(10-13)5-8-23-15(16(19,20)21)9-11-3-6-22-7-4-11/h1-4,6-7,10,15,23H,5,8-9H2/t15-/m1/s1. The molecule has 2 rings (SSSR count). The van der Waals surface area contributed by atoms with Gasteiger partial charge < -0.3 is 5.32 Å². The average molecular weight is 330 g/mol. The molecule has 7 heteroatoms. The Morgan fingerprint density at radius 2 is 1.74 bits per heavy atom. The molecule has 1 aromatic carbocycles. The monoisotopic (exact) mass is 330 g/mol. The molecular formula is C16H15F5N2. The Morgan fingerprint density at radius 1 is 1.04 bits per heavy atom. The first kappa shape index (κ1) is 17.3. The molecule has 0 amide bonds. The van der Waals surface area contributed by atoms with Gasteiger partial charge in [-0.05, 0) is 60.8 Å². The summed E-state index contributed by atoms with van der Waals surface area (Å²) in [4.78, 5) is 3.76. The Labute approximate surface area is 130 Å². The molecule has 0 saturated carbocycles. The summed E-state index contributed by atoms with van der Waals surface area (Å²) in [5.74, 6) is -1.25. The lowest BCUT2D eigenvalue weighted by Gasteiger charge is -2.22. The normalized spacial score (nSPS) is 13.1. The van der Waals surface area contributed by atoms with Crippen molar-refractivity contribution in [3.8, 4) is 0 Å². The van der Waals surface area contributed by atoms with E-state index in [2.05, 4.69) is 10.3 Å². The number of rotatable bonds is 6. The molecule has 0 saturated heterocycles. The predicted octanol–water partition coefficient (Wildman–Crippen LogP) is 3.67. The number of benzene rings is 1. The minimum Gasteiger partial charge on any atom is -0.306 e. The van der Waals surface area contributed by atoms with E-state index >= 15 is 0 Å². The molecular weight excluding hydrogens is 315 g/mol. The molecule has 1 N–H and O–H groups in total. The molecule has 0 bridgehead atoms. The van der Waals surface area contributed by atoms with Crippen molar-refractivity contribution in [1.82, 2.24) is 10.3 Å². The van der Waals surface area contributed by atoms with Crippen molar-refractivity contribution in [3.63, 3.8) is 0 Å². The maximum Gasteiger partial charge on any atom is 0.404 e. The van der Waals surface area contributed by atoms with Gasteiger partial charge in [-0.25, -0.2) is 8.78 Å². The molecule has 0 radical (unpaired) electrons. The molecule has 0 spiro atoms. The van der Waals surface area contributed by atoms with Crippen LogP contribution in [0, 0.1) is 11.6 Å². The van der Waals surface area contributed by atoms with Gasteiger partial charge in [0.2, 0.25) is 0 Å². The van der Waals surface area contributed by atoms with E-state index in [0.29, 0.717) is 5.56 Å². The maximum atomic E-state index is 13.5. The third-order valence-electron chi connectivity index (χ3n) is 3.38. The van der Waals surface area contributed by atoms with Crippen LogP contribution < -0.4 is 5.32 Å². The van der Waals surface area contributed by atoms with E-state index in [9.17, 15) is 22.0 Å². The van der Waals surface area contributed by atoms with E-state index in [0.717, 1.165) is 18.2 Å². The Kier molecular flexibility index (Phi) is 5.65. The summed E-state index contributed by atoms with van der Waals surface area (Å²) in [5.41, 5.74) is 0.536. The second-order valence-corrected chi connectivity index (χ2v) is 5.09. The summed E-state index contributed by atoms with van der Waals surface area (Å²) in [6.07, 6.45) is -1.89. The topological polar surface area (TPSA) is 24.9 Å². The first-order valence-corrected chi connectivity index (χ1v) is 6.99. The molecule has 1 aromatic heterocycles. The van der Waals surface area contributed by atoms with E-state index in [4.69, 9.17) is 0 Å². The number of aromatic nitrogens is 1. The number of pyridine rings is 1. The van der Waals surface area contributed by atoms with E-state index in [1.54, 1.807) is 0 Å². The van der Waals surface area contributed by atoms with Crippen LogP contribution in [0.3, 0.4) is 0 Å². The number of hydrogen-bond donors (Lipinski definition) is 1. The molecule has 0 aliphatic carbocycles. The molecule has 2 aromatic rings. The van der Waals surface area contributed by atoms with Crippen molar-refractivity contribution in [2.24, 2.45) is 0 Å². The van der Waals surface area contributed by atoms with Crippen LogP contribution in [0.1, 0.15) is 11.1 Å². The zero-order valence-corrected chi connectivity index (χ0v) is 12.1. The Hall–Kier alpha value is -2.02. The van der Waals surface area contributed by atoms with Crippen LogP contribution in [0.5, 0.6) is 0 Å². The fourth-order valence-electron chi connectivity index (χ4n) is 2.17. The number of alkyl halides is 3. The van der Waals surface area contributed by atoms with Gasteiger partial charge in [0.1, 0.15) is 17.7 Å². The van der Waals surface area contributed by atoms with Gasteiger partial charge in [-0.3, -0.25) is 4.98 Å². The van der Waals surface area contributed by atoms with Gasteiger partial charge in [0.15, 0.2) is 0 Å². The van der Waals surface area contributed by atoms with Gasteiger partial charge >= 0.3 is 6.18 Å². The highest BCUT2D eigenvalue weighted by Crippen LogP contribution is 2.23. The third kappa shape index (κ3) is 5.28. The summed E-state index contributed by atoms with van der Waals surface area (Å²) in [5, 5.41) is 2.37. The number of nitrogens with zero attached hydrogens (tertiary/aromatic N) is 1. The second-order valence-electron chi connectivity index (χ2n) is 5.09. The van der Waals surface area contributed by atoms with Gasteiger partial charge in [0.05, 0.1) is 0 Å². The quantitative estimate of drug-likeness (QED) is 0.818. The molecule has 0 aliphatic rings. The van der Waals surface area contributed by atoms with Gasteiger partial charge in [0.25, 0.3) is 0 Å². The van der Waals surface area contributed by atoms with Crippen LogP contribution in [0.15, 0.2) is 42.7 Å². The van der Waals surface area contributed by atoms with E-state index in [1.165, 1.54) is 24.5 Å². The molecule has 23 heavy (non-hydrogen) atoms. The van der Waals surface area contributed by atoms with Crippen molar-refractivity contribution in [2.75, 3.05) is 6.54 Å². The SMILES string of the molecule is Fc1ccc(F)c(CCN[C@H](Cc2ccncc2)C(F)(F)F)c1. The highest BCUT2D eigenvalue weighted by Gasteiger charge is 2.39. The van der Waals surface area contributed by atoms with E-state index in [-0.39, 0.29) is 24.9 Å². The van der Waals surface area contributed by atoms with Gasteiger partial charge in [0, 0.05) is 12.4 Å². The highest BCUT2D eigenvalue weighted by molar-refractivity contribution is 5.19. The van der Waals surface area contributed by atoms with Gasteiger partial charge in [-0.2, -0.15) is 13.2 Å². The Balaban J connectivity index is 1.97. The fourth-order valence-corrected chi connectivity index (χ4v) is 2.17. The van der Waals surface area contributed by atoms with Crippen molar-refractivity contribution in [1.29, 1.82) is 0 Å². The van der Waals surface area contributed by atoms with Crippen molar-refractivity contribution < 1.29 is 22.0 Å². The summed E-state index contributed by atoms with van der Waals surface area (Å²) in [6, 6.07) is 4.17. The second kappa shape index (κ2) is 7.50. The first-order chi connectivity index (χ1) is 10.9. The minimum atomic E-state index is -4.44. The molecule has 0 fully saturated rings. The molecule has 124 valence electrons. The summed E-state index contributed by atoms with van der Waals surface area (Å²) in [7, 11) is 0. The lowest BCUT2D eigenvalue weighted by atomic mass is 10.1. The summed E-state index contributed by atoms with van der Waals surface area (Å²) >= 11 is 0. The van der Waals surface area contributed by atoms with Crippen LogP contribution in [0.25, 0.3) is 0 Å². The molecule has 1 heterocycles. The smallest absolute Gasteiger partial charge is 0.306 e. The van der Waals surface area contributed by atoms with Crippen molar-refractivity contribution in [3.05, 3.63) is 65.5 Å². The third-order valence-corrected chi connectivity index (χ3v) is 3.38. The number of hydrogen-bond acceptors (Lipinski definition) is 2. The molecule has 0 unspecified atom stereocenters. The number of halogens is 5. The van der Waals surface area contributed by atoms with Gasteiger partial charge in [-0.1, -0.05) is 0 Å². The van der Waals surface area contributed by atoms with E-state index < -0.39 is 23.9 Å². The van der Waals surface area contributed by atoms with Crippen molar-refractivity contribution in [2.45, 2.75) is 25.1 Å². The first-order valence-electron chi connectivity index (χ1n) is 6.99. The summed E-state index contributed by atoms with van der Waals surface area (Å²) < 4.78 is 65.7. The summed E-state index contributed by atoms with van der Waals surface area (Å²) in [6.45, 7) is -0.115. The van der Waals surface area contributed by atoms with Gasteiger partial charge in [-0.15, -0.1) is 0 Å². The number of nitrogens with one attached hydrogen (secondary N) is 1. The van der Waals surface area contributed by atoms with E-state index in [1.807, 2.05) is 0 Å². The van der Waals surface area contributed by atoms with Crippen LogP contribution in [-0.4, -0.2) is 23.7 Å². The average Bonchev–Trinajstić information content (AvgIpc) is 2.50. The van der Waals surface area contributed by atoms with Crippen LogP contribution in [0.2, 0.25) is 0 Å². The lowest BCUT2D eigenvalue weighted by molar-refractivity contribution is -0.155. The highest BCUT2D eigenvalue weighted by atomic mass is 19.4. The lowest BCUT2D eigenvalue weighted by Crippen LogP contribution is -2.44. The molecule has 2 nitrogen and oxygen atoms in total. The van der Waals surface area contributed by atoms with Crippen LogP contribution >= 0.6 is 0 Å². The molecule has 0 aliphatic heterocycles. The van der Waals surface area contributed by atoms with Crippen LogP contribution in [0.4, 0.5) is 22.0 Å². The van der Waals surface area contributed by atoms with Crippen LogP contribution in [-0.2, 0) is 12.8 Å². The Bertz CT molecular complexity index is 628. The largest absolute Gasteiger partial charge is 0.404 e. The Morgan fingerprint density at radius 3 is 2.39 bits per heavy atom. The minimum absolute atomic E-state index is 0.0352. The maximum absolute atomic E-state index is 13.5. The predicted molar refractivity (Wildman–Crippen MR) is 75.8 cm³/mol. The molecule has 1 atom stereocenters.